The number of fused-ring (bicyclic) bond motifs is 1. The fourth-order valence-electron chi connectivity index (χ4n) is 2.80. The molecule has 0 spiro atoms. The summed E-state index contributed by atoms with van der Waals surface area (Å²) in [4.78, 5) is 4.36. The highest BCUT2D eigenvalue weighted by Crippen LogP contribution is 2.43. The highest BCUT2D eigenvalue weighted by atomic mass is 19.4. The molecular formula is C14H15F3N2O. The van der Waals surface area contributed by atoms with Crippen LogP contribution in [0.2, 0.25) is 0 Å². The summed E-state index contributed by atoms with van der Waals surface area (Å²) in [5.41, 5.74) is 7.56. The number of halogens is 3. The lowest BCUT2D eigenvalue weighted by atomic mass is 9.81. The Hall–Kier alpha value is -1.72. The van der Waals surface area contributed by atoms with Crippen LogP contribution in [-0.2, 0) is 0 Å². The number of hydrogen-bond acceptors (Lipinski definition) is 3. The van der Waals surface area contributed by atoms with Gasteiger partial charge in [0.1, 0.15) is 5.52 Å². The number of aromatic nitrogens is 1. The van der Waals surface area contributed by atoms with Gasteiger partial charge in [-0.1, -0.05) is 0 Å². The van der Waals surface area contributed by atoms with E-state index < -0.39 is 12.1 Å². The molecule has 20 heavy (non-hydrogen) atoms. The van der Waals surface area contributed by atoms with Crippen LogP contribution in [0, 0.1) is 5.92 Å². The van der Waals surface area contributed by atoms with Gasteiger partial charge in [0, 0.05) is 11.6 Å². The first kappa shape index (κ1) is 13.3. The third kappa shape index (κ3) is 2.46. The summed E-state index contributed by atoms with van der Waals surface area (Å²) < 4.78 is 43.5. The van der Waals surface area contributed by atoms with E-state index >= 15 is 0 Å². The van der Waals surface area contributed by atoms with Crippen LogP contribution < -0.4 is 5.73 Å². The SMILES string of the molecule is Nc1ccc2oc(C3CCC(C(F)(F)F)CC3)nc2c1. The second kappa shape index (κ2) is 4.68. The summed E-state index contributed by atoms with van der Waals surface area (Å²) in [5.74, 6) is -0.674. The van der Waals surface area contributed by atoms with E-state index in [2.05, 4.69) is 4.98 Å². The van der Waals surface area contributed by atoms with Crippen LogP contribution in [0.5, 0.6) is 0 Å². The number of rotatable bonds is 1. The molecule has 1 saturated carbocycles. The van der Waals surface area contributed by atoms with E-state index in [-0.39, 0.29) is 18.8 Å². The van der Waals surface area contributed by atoms with Gasteiger partial charge in [-0.2, -0.15) is 13.2 Å². The zero-order valence-electron chi connectivity index (χ0n) is 10.8. The molecule has 0 atom stereocenters. The summed E-state index contributed by atoms with van der Waals surface area (Å²) in [7, 11) is 0. The van der Waals surface area contributed by atoms with E-state index in [1.54, 1.807) is 18.2 Å². The summed E-state index contributed by atoms with van der Waals surface area (Å²) in [6, 6.07) is 5.17. The number of nitrogens with zero attached hydrogens (tertiary/aromatic N) is 1. The van der Waals surface area contributed by atoms with Gasteiger partial charge in [0.05, 0.1) is 5.92 Å². The zero-order chi connectivity index (χ0) is 14.3. The van der Waals surface area contributed by atoms with Crippen LogP contribution in [0.15, 0.2) is 22.6 Å². The van der Waals surface area contributed by atoms with Crippen molar-refractivity contribution in [2.45, 2.75) is 37.8 Å². The lowest BCUT2D eigenvalue weighted by molar-refractivity contribution is -0.182. The molecule has 3 rings (SSSR count). The summed E-state index contributed by atoms with van der Waals surface area (Å²) >= 11 is 0. The first-order valence-electron chi connectivity index (χ1n) is 6.66. The molecule has 0 bridgehead atoms. The number of nitrogen functional groups attached to an aromatic ring is 1. The van der Waals surface area contributed by atoms with Crippen molar-refractivity contribution < 1.29 is 17.6 Å². The molecule has 2 N–H and O–H groups in total. The maximum atomic E-state index is 12.6. The predicted molar refractivity (Wildman–Crippen MR) is 69.2 cm³/mol. The molecule has 1 aliphatic rings. The van der Waals surface area contributed by atoms with Gasteiger partial charge in [0.25, 0.3) is 0 Å². The standard InChI is InChI=1S/C14H15F3N2O/c15-14(16,17)9-3-1-8(2-4-9)13-19-11-7-10(18)5-6-12(11)20-13/h5-9H,1-4,18H2. The van der Waals surface area contributed by atoms with E-state index in [1.165, 1.54) is 0 Å². The summed E-state index contributed by atoms with van der Waals surface area (Å²) in [6.45, 7) is 0. The highest BCUT2D eigenvalue weighted by molar-refractivity contribution is 5.76. The zero-order valence-corrected chi connectivity index (χ0v) is 10.8. The predicted octanol–water partition coefficient (Wildman–Crippen LogP) is 4.25. The van der Waals surface area contributed by atoms with Gasteiger partial charge in [-0.15, -0.1) is 0 Å². The number of nitrogens with two attached hydrogens (primary N) is 1. The second-order valence-electron chi connectivity index (χ2n) is 5.37. The molecule has 0 amide bonds. The maximum Gasteiger partial charge on any atom is 0.391 e. The van der Waals surface area contributed by atoms with Crippen LogP contribution in [0.3, 0.4) is 0 Å². The molecule has 0 saturated heterocycles. The quantitative estimate of drug-likeness (QED) is 0.797. The Balaban J connectivity index is 1.76. The van der Waals surface area contributed by atoms with E-state index in [9.17, 15) is 13.2 Å². The Morgan fingerprint density at radius 2 is 1.85 bits per heavy atom. The van der Waals surface area contributed by atoms with Gasteiger partial charge in [0.15, 0.2) is 11.5 Å². The van der Waals surface area contributed by atoms with Crippen molar-refractivity contribution in [3.05, 3.63) is 24.1 Å². The topological polar surface area (TPSA) is 52.0 Å². The molecule has 1 aromatic heterocycles. The van der Waals surface area contributed by atoms with Crippen molar-refractivity contribution >= 4 is 16.8 Å². The molecule has 0 radical (unpaired) electrons. The van der Waals surface area contributed by atoms with Crippen LogP contribution in [0.25, 0.3) is 11.1 Å². The van der Waals surface area contributed by atoms with Crippen LogP contribution in [0.1, 0.15) is 37.5 Å². The van der Waals surface area contributed by atoms with Crippen molar-refractivity contribution in [2.24, 2.45) is 5.92 Å². The van der Waals surface area contributed by atoms with Crippen molar-refractivity contribution in [3.63, 3.8) is 0 Å². The normalized spacial score (nSPS) is 24.1. The average Bonchev–Trinajstić information content (AvgIpc) is 2.80. The van der Waals surface area contributed by atoms with Gasteiger partial charge in [0.2, 0.25) is 0 Å². The lowest BCUT2D eigenvalue weighted by Gasteiger charge is -2.28. The summed E-state index contributed by atoms with van der Waals surface area (Å²) in [5, 5.41) is 0. The number of hydrogen-bond donors (Lipinski definition) is 1. The van der Waals surface area contributed by atoms with Crippen molar-refractivity contribution in [1.82, 2.24) is 4.98 Å². The monoisotopic (exact) mass is 284 g/mol. The van der Waals surface area contributed by atoms with Gasteiger partial charge in [-0.25, -0.2) is 4.98 Å². The minimum absolute atomic E-state index is 0.0257. The van der Waals surface area contributed by atoms with E-state index in [0.717, 1.165) is 0 Å². The molecule has 0 unspecified atom stereocenters. The molecule has 108 valence electrons. The molecule has 1 fully saturated rings. The van der Waals surface area contributed by atoms with Crippen LogP contribution in [0.4, 0.5) is 18.9 Å². The molecule has 1 aliphatic carbocycles. The third-order valence-corrected chi connectivity index (χ3v) is 3.97. The number of oxazole rings is 1. The van der Waals surface area contributed by atoms with E-state index in [4.69, 9.17) is 10.2 Å². The molecule has 6 heteroatoms. The number of anilines is 1. The molecule has 1 aromatic carbocycles. The Morgan fingerprint density at radius 1 is 1.15 bits per heavy atom. The van der Waals surface area contributed by atoms with Crippen molar-refractivity contribution in [2.75, 3.05) is 5.73 Å². The van der Waals surface area contributed by atoms with Gasteiger partial charge >= 0.3 is 6.18 Å². The lowest BCUT2D eigenvalue weighted by Crippen LogP contribution is -2.27. The van der Waals surface area contributed by atoms with Gasteiger partial charge in [-0.05, 0) is 43.9 Å². The van der Waals surface area contributed by atoms with E-state index in [1.807, 2.05) is 0 Å². The Morgan fingerprint density at radius 3 is 2.50 bits per heavy atom. The van der Waals surface area contributed by atoms with Gasteiger partial charge in [-0.3, -0.25) is 0 Å². The fourth-order valence-corrected chi connectivity index (χ4v) is 2.80. The highest BCUT2D eigenvalue weighted by Gasteiger charge is 2.42. The first-order chi connectivity index (χ1) is 9.43. The van der Waals surface area contributed by atoms with Crippen molar-refractivity contribution in [3.8, 4) is 0 Å². The Kier molecular flexibility index (Phi) is 3.11. The first-order valence-corrected chi connectivity index (χ1v) is 6.66. The minimum Gasteiger partial charge on any atom is -0.440 e. The largest absolute Gasteiger partial charge is 0.440 e. The molecule has 3 nitrogen and oxygen atoms in total. The fraction of sp³-hybridized carbons (Fsp3) is 0.500. The number of benzene rings is 1. The van der Waals surface area contributed by atoms with Gasteiger partial charge < -0.3 is 10.2 Å². The molecular weight excluding hydrogens is 269 g/mol. The summed E-state index contributed by atoms with van der Waals surface area (Å²) in [6.07, 6.45) is -2.86. The van der Waals surface area contributed by atoms with Crippen molar-refractivity contribution in [1.29, 1.82) is 0 Å². The smallest absolute Gasteiger partial charge is 0.391 e. The van der Waals surface area contributed by atoms with E-state index in [0.29, 0.717) is 35.5 Å². The average molecular weight is 284 g/mol. The van der Waals surface area contributed by atoms with Crippen LogP contribution in [-0.4, -0.2) is 11.2 Å². The molecule has 2 aromatic rings. The molecule has 0 aliphatic heterocycles. The van der Waals surface area contributed by atoms with Crippen LogP contribution >= 0.6 is 0 Å². The number of alkyl halides is 3. The third-order valence-electron chi connectivity index (χ3n) is 3.97. The Bertz CT molecular complexity index is 612. The second-order valence-corrected chi connectivity index (χ2v) is 5.37. The minimum atomic E-state index is -4.08. The Labute approximate surface area is 114 Å². The maximum absolute atomic E-state index is 12.6. The molecule has 1 heterocycles.